The van der Waals surface area contributed by atoms with Crippen molar-refractivity contribution in [3.8, 4) is 11.5 Å². The second-order valence-corrected chi connectivity index (χ2v) is 8.63. The maximum Gasteiger partial charge on any atom is 0.358 e. The maximum absolute atomic E-state index is 12.6. The fourth-order valence-electron chi connectivity index (χ4n) is 4.27. The number of benzene rings is 1. The number of ether oxygens (including phenoxy) is 3. The molecule has 12 heteroatoms. The van der Waals surface area contributed by atoms with Crippen LogP contribution in [0, 0.1) is 0 Å². The van der Waals surface area contributed by atoms with Gasteiger partial charge in [0.2, 0.25) is 5.72 Å². The third kappa shape index (κ3) is 5.81. The summed E-state index contributed by atoms with van der Waals surface area (Å²) in [6.45, 7) is 4.14. The Morgan fingerprint density at radius 3 is 2.35 bits per heavy atom. The van der Waals surface area contributed by atoms with Gasteiger partial charge in [-0.25, -0.2) is 14.8 Å². The minimum atomic E-state index is -0.988. The van der Waals surface area contributed by atoms with Crippen LogP contribution >= 0.6 is 0 Å². The van der Waals surface area contributed by atoms with Crippen molar-refractivity contribution in [2.45, 2.75) is 5.72 Å². The molecule has 2 aliphatic rings. The Labute approximate surface area is 213 Å². The molecule has 12 nitrogen and oxygen atoms in total. The van der Waals surface area contributed by atoms with Crippen LogP contribution in [0.3, 0.4) is 0 Å². The van der Waals surface area contributed by atoms with Crippen molar-refractivity contribution in [3.05, 3.63) is 72.8 Å². The van der Waals surface area contributed by atoms with Crippen molar-refractivity contribution in [2.75, 3.05) is 52.5 Å². The van der Waals surface area contributed by atoms with Crippen LogP contribution in [-0.4, -0.2) is 99.8 Å². The van der Waals surface area contributed by atoms with Crippen LogP contribution in [0.4, 0.5) is 0 Å². The molecule has 2 aliphatic heterocycles. The third-order valence-corrected chi connectivity index (χ3v) is 6.26. The Kier molecular flexibility index (Phi) is 7.47. The SMILES string of the molecule is O=C(NCCN1CCN(C2(COC(=O)c3cnccn3)COc3ccccc3O2)CC1)c1cnccn1. The second-order valence-electron chi connectivity index (χ2n) is 8.63. The maximum atomic E-state index is 12.6. The highest BCUT2D eigenvalue weighted by molar-refractivity contribution is 5.91. The number of nitrogens with zero attached hydrogens (tertiary/aromatic N) is 6. The average molecular weight is 506 g/mol. The van der Waals surface area contributed by atoms with E-state index in [1.807, 2.05) is 24.3 Å². The molecule has 1 aromatic carbocycles. The Hall–Kier alpha value is -4.16. The number of piperazine rings is 1. The normalized spacial score (nSPS) is 19.7. The van der Waals surface area contributed by atoms with E-state index >= 15 is 0 Å². The Bertz CT molecular complexity index is 1210. The van der Waals surface area contributed by atoms with E-state index in [4.69, 9.17) is 14.2 Å². The summed E-state index contributed by atoms with van der Waals surface area (Å²) in [6, 6.07) is 7.43. The number of fused-ring (bicyclic) bond motifs is 1. The summed E-state index contributed by atoms with van der Waals surface area (Å²) in [5.41, 5.74) is -0.568. The number of aromatic nitrogens is 4. The predicted molar refractivity (Wildman–Crippen MR) is 130 cm³/mol. The number of nitrogens with one attached hydrogen (secondary N) is 1. The van der Waals surface area contributed by atoms with Gasteiger partial charge in [0.25, 0.3) is 5.91 Å². The molecule has 0 saturated carbocycles. The lowest BCUT2D eigenvalue weighted by Crippen LogP contribution is -2.66. The van der Waals surface area contributed by atoms with Crippen LogP contribution < -0.4 is 14.8 Å². The van der Waals surface area contributed by atoms with Crippen LogP contribution in [0.5, 0.6) is 11.5 Å². The van der Waals surface area contributed by atoms with Crippen LogP contribution in [0.2, 0.25) is 0 Å². The Morgan fingerprint density at radius 2 is 1.65 bits per heavy atom. The summed E-state index contributed by atoms with van der Waals surface area (Å²) >= 11 is 0. The lowest BCUT2D eigenvalue weighted by molar-refractivity contribution is -0.164. The highest BCUT2D eigenvalue weighted by atomic mass is 16.6. The number of amides is 1. The van der Waals surface area contributed by atoms with E-state index in [1.165, 1.54) is 37.2 Å². The Morgan fingerprint density at radius 1 is 0.946 bits per heavy atom. The molecule has 0 spiro atoms. The van der Waals surface area contributed by atoms with E-state index in [2.05, 4.69) is 35.1 Å². The quantitative estimate of drug-likeness (QED) is 0.433. The first-order valence-electron chi connectivity index (χ1n) is 12.0. The van der Waals surface area contributed by atoms with Gasteiger partial charge in [-0.2, -0.15) is 0 Å². The minimum absolute atomic E-state index is 0.0368. The molecule has 2 aromatic heterocycles. The zero-order valence-electron chi connectivity index (χ0n) is 20.2. The molecule has 1 amide bonds. The molecule has 0 aliphatic carbocycles. The van der Waals surface area contributed by atoms with Gasteiger partial charge in [-0.05, 0) is 12.1 Å². The fraction of sp³-hybridized carbons (Fsp3) is 0.360. The molecular formula is C25H27N7O5. The number of carbonyl (C=O) groups is 2. The van der Waals surface area contributed by atoms with Gasteiger partial charge in [0.1, 0.15) is 18.9 Å². The van der Waals surface area contributed by atoms with Crippen molar-refractivity contribution in [2.24, 2.45) is 0 Å². The van der Waals surface area contributed by atoms with Gasteiger partial charge in [0.15, 0.2) is 17.2 Å². The topological polar surface area (TPSA) is 132 Å². The van der Waals surface area contributed by atoms with Crippen LogP contribution in [0.15, 0.2) is 61.4 Å². The van der Waals surface area contributed by atoms with Gasteiger partial charge in [-0.1, -0.05) is 12.1 Å². The molecule has 0 bridgehead atoms. The number of rotatable bonds is 8. The van der Waals surface area contributed by atoms with Crippen molar-refractivity contribution >= 4 is 11.9 Å². The van der Waals surface area contributed by atoms with Gasteiger partial charge >= 0.3 is 5.97 Å². The highest BCUT2D eigenvalue weighted by Crippen LogP contribution is 2.37. The molecule has 3 aromatic rings. The van der Waals surface area contributed by atoms with Gasteiger partial charge in [-0.15, -0.1) is 0 Å². The molecule has 5 rings (SSSR count). The van der Waals surface area contributed by atoms with E-state index in [9.17, 15) is 9.59 Å². The van der Waals surface area contributed by atoms with Crippen molar-refractivity contribution < 1.29 is 23.8 Å². The van der Waals surface area contributed by atoms with Crippen LogP contribution in [0.1, 0.15) is 21.0 Å². The fourth-order valence-corrected chi connectivity index (χ4v) is 4.27. The lowest BCUT2D eigenvalue weighted by atomic mass is 10.1. The smallest absolute Gasteiger partial charge is 0.358 e. The van der Waals surface area contributed by atoms with Crippen molar-refractivity contribution in [3.63, 3.8) is 0 Å². The number of para-hydroxylation sites is 2. The molecule has 1 N–H and O–H groups in total. The third-order valence-electron chi connectivity index (χ3n) is 6.26. The zero-order chi connectivity index (χ0) is 25.5. The summed E-state index contributed by atoms with van der Waals surface area (Å²) in [6.07, 6.45) is 8.76. The summed E-state index contributed by atoms with van der Waals surface area (Å²) in [5, 5.41) is 2.88. The molecule has 192 valence electrons. The van der Waals surface area contributed by atoms with Gasteiger partial charge in [0.05, 0.1) is 12.4 Å². The number of carbonyl (C=O) groups excluding carboxylic acids is 2. The minimum Gasteiger partial charge on any atom is -0.484 e. The molecular weight excluding hydrogens is 478 g/mol. The molecule has 1 unspecified atom stereocenters. The molecule has 4 heterocycles. The van der Waals surface area contributed by atoms with Crippen molar-refractivity contribution in [1.29, 1.82) is 0 Å². The molecule has 37 heavy (non-hydrogen) atoms. The molecule has 1 fully saturated rings. The Balaban J connectivity index is 1.19. The first kappa shape index (κ1) is 24.5. The van der Waals surface area contributed by atoms with E-state index in [0.717, 1.165) is 13.1 Å². The second kappa shape index (κ2) is 11.3. The van der Waals surface area contributed by atoms with E-state index in [1.54, 1.807) is 0 Å². The molecule has 1 saturated heterocycles. The monoisotopic (exact) mass is 505 g/mol. The largest absolute Gasteiger partial charge is 0.484 e. The number of hydrogen-bond acceptors (Lipinski definition) is 11. The first-order chi connectivity index (χ1) is 18.1. The van der Waals surface area contributed by atoms with Gasteiger partial charge in [0, 0.05) is 64.1 Å². The zero-order valence-corrected chi connectivity index (χ0v) is 20.2. The summed E-state index contributed by atoms with van der Waals surface area (Å²) in [5.74, 6) is 0.420. The first-order valence-corrected chi connectivity index (χ1v) is 12.0. The van der Waals surface area contributed by atoms with E-state index in [-0.39, 0.29) is 24.8 Å². The van der Waals surface area contributed by atoms with E-state index < -0.39 is 11.7 Å². The number of esters is 1. The van der Waals surface area contributed by atoms with Gasteiger partial charge < -0.3 is 19.5 Å². The standard InChI is InChI=1S/C25H27N7O5/c33-23(19-15-26-5-7-28-19)30-9-10-31-11-13-32(14-12-31)25(17-35-21-3-1-2-4-22(21)37-25)18-36-24(34)20-16-27-6-8-29-20/h1-8,15-16H,9-14,17-18H2,(H,30,33). The summed E-state index contributed by atoms with van der Waals surface area (Å²) < 4.78 is 18.1. The molecule has 0 radical (unpaired) electrons. The van der Waals surface area contributed by atoms with E-state index in [0.29, 0.717) is 43.4 Å². The van der Waals surface area contributed by atoms with Crippen LogP contribution in [0.25, 0.3) is 0 Å². The van der Waals surface area contributed by atoms with Crippen LogP contribution in [-0.2, 0) is 4.74 Å². The highest BCUT2D eigenvalue weighted by Gasteiger charge is 2.46. The van der Waals surface area contributed by atoms with Crippen molar-refractivity contribution in [1.82, 2.24) is 35.1 Å². The van der Waals surface area contributed by atoms with Gasteiger partial charge in [-0.3, -0.25) is 24.6 Å². The molecule has 1 atom stereocenters. The summed E-state index contributed by atoms with van der Waals surface area (Å²) in [7, 11) is 0. The average Bonchev–Trinajstić information content (AvgIpc) is 2.97. The summed E-state index contributed by atoms with van der Waals surface area (Å²) in [4.78, 5) is 45.1. The predicted octanol–water partition coefficient (Wildman–Crippen LogP) is 0.639. The lowest BCUT2D eigenvalue weighted by Gasteiger charge is -2.48. The number of hydrogen-bond donors (Lipinski definition) is 1.